The number of hydrogen-bond acceptors (Lipinski definition) is 4. The maximum Gasteiger partial charge on any atom is 0.416 e. The average molecular weight is 367 g/mol. The Bertz CT molecular complexity index is 1060. The molecule has 1 N–H and O–H groups in total. The van der Waals surface area contributed by atoms with E-state index in [4.69, 9.17) is 0 Å². The van der Waals surface area contributed by atoms with Crippen molar-refractivity contribution >= 4 is 49.6 Å². The van der Waals surface area contributed by atoms with Crippen molar-refractivity contribution in [2.75, 3.05) is 5.32 Å². The Labute approximate surface area is 141 Å². The van der Waals surface area contributed by atoms with Crippen LogP contribution in [-0.2, 0) is 6.18 Å². The van der Waals surface area contributed by atoms with Crippen LogP contribution in [0, 0.1) is 0 Å². The van der Waals surface area contributed by atoms with Crippen LogP contribution in [0.4, 0.5) is 18.9 Å². The summed E-state index contributed by atoms with van der Waals surface area (Å²) in [6.45, 7) is 0. The van der Waals surface area contributed by atoms with E-state index in [2.05, 4.69) is 10.3 Å². The molecule has 0 aliphatic carbocycles. The van der Waals surface area contributed by atoms with Crippen molar-refractivity contribution in [3.63, 3.8) is 0 Å². The normalized spacial score (nSPS) is 12.1. The Kier molecular flexibility index (Phi) is 3.36. The van der Waals surface area contributed by atoms with Crippen LogP contribution in [0.15, 0.2) is 41.9 Å². The lowest BCUT2D eigenvalue weighted by Gasteiger charge is -2.09. The van der Waals surface area contributed by atoms with Crippen molar-refractivity contribution in [3.8, 4) is 0 Å². The number of fused-ring (bicyclic) bond motifs is 3. The van der Waals surface area contributed by atoms with Crippen LogP contribution in [0.1, 0.15) is 15.2 Å². The van der Waals surface area contributed by atoms with Gasteiger partial charge in [-0.05, 0) is 24.3 Å². The predicted octanol–water partition coefficient (Wildman–Crippen LogP) is 4.88. The van der Waals surface area contributed by atoms with Crippen LogP contribution in [-0.4, -0.2) is 15.3 Å². The quantitative estimate of drug-likeness (QED) is 0.549. The largest absolute Gasteiger partial charge is 0.416 e. The molecule has 1 aromatic carbocycles. The van der Waals surface area contributed by atoms with Crippen molar-refractivity contribution in [1.29, 1.82) is 0 Å². The number of amides is 1. The van der Waals surface area contributed by atoms with Gasteiger partial charge in [-0.15, -0.1) is 22.7 Å². The van der Waals surface area contributed by atoms with Crippen LogP contribution in [0.25, 0.3) is 15.3 Å². The lowest BCUT2D eigenvalue weighted by Crippen LogP contribution is -2.11. The van der Waals surface area contributed by atoms with E-state index >= 15 is 0 Å². The molecule has 0 saturated heterocycles. The van der Waals surface area contributed by atoms with Gasteiger partial charge >= 0.3 is 6.18 Å². The highest BCUT2D eigenvalue weighted by molar-refractivity contribution is 7.21. The standard InChI is InChI=1S/C15H8F3N3OS2/c16-15(17,18)8-2-1-3-9(6-8)19-12(22)11-7-10-13(24-11)20-14-21(10)4-5-23-14/h1-7H,(H,19,22). The number of thiazole rings is 1. The molecule has 0 saturated carbocycles. The maximum atomic E-state index is 12.7. The number of hydrogen-bond donors (Lipinski definition) is 1. The number of benzene rings is 1. The SMILES string of the molecule is O=C(Nc1cccc(C(F)(F)F)c1)c1cc2c(nc3sccn32)s1. The summed E-state index contributed by atoms with van der Waals surface area (Å²) in [6.07, 6.45) is -2.59. The molecule has 0 spiro atoms. The van der Waals surface area contributed by atoms with Gasteiger partial charge in [-0.2, -0.15) is 13.2 Å². The second-order valence-corrected chi connectivity index (χ2v) is 6.90. The fourth-order valence-corrected chi connectivity index (χ4v) is 4.02. The Hall–Kier alpha value is -2.39. The monoisotopic (exact) mass is 367 g/mol. The van der Waals surface area contributed by atoms with Crippen LogP contribution in [0.3, 0.4) is 0 Å². The van der Waals surface area contributed by atoms with Crippen molar-refractivity contribution in [3.05, 3.63) is 52.3 Å². The fourth-order valence-electron chi connectivity index (χ4n) is 2.33. The highest BCUT2D eigenvalue weighted by Crippen LogP contribution is 2.32. The smallest absolute Gasteiger partial charge is 0.321 e. The molecule has 4 rings (SSSR count). The number of aromatic nitrogens is 2. The molecule has 9 heteroatoms. The third kappa shape index (κ3) is 2.55. The van der Waals surface area contributed by atoms with E-state index in [-0.39, 0.29) is 5.69 Å². The first-order chi connectivity index (χ1) is 11.4. The molecule has 0 aliphatic rings. The number of carbonyl (C=O) groups excluding carboxylic acids is 1. The Morgan fingerprint density at radius 3 is 2.88 bits per heavy atom. The molecule has 3 aromatic heterocycles. The van der Waals surface area contributed by atoms with E-state index in [0.29, 0.717) is 4.88 Å². The Balaban J connectivity index is 1.63. The first-order valence-electron chi connectivity index (χ1n) is 6.75. The van der Waals surface area contributed by atoms with Crippen LogP contribution < -0.4 is 5.32 Å². The molecule has 0 aliphatic heterocycles. The maximum absolute atomic E-state index is 12.7. The minimum Gasteiger partial charge on any atom is -0.321 e. The average Bonchev–Trinajstić information content (AvgIpc) is 3.18. The van der Waals surface area contributed by atoms with Crippen LogP contribution >= 0.6 is 22.7 Å². The van der Waals surface area contributed by atoms with Gasteiger partial charge in [0.2, 0.25) is 0 Å². The summed E-state index contributed by atoms with van der Waals surface area (Å²) in [5.74, 6) is -0.457. The molecule has 0 unspecified atom stereocenters. The fraction of sp³-hybridized carbons (Fsp3) is 0.0667. The van der Waals surface area contributed by atoms with E-state index in [1.165, 1.54) is 34.8 Å². The summed E-state index contributed by atoms with van der Waals surface area (Å²) in [5, 5.41) is 4.39. The van der Waals surface area contributed by atoms with Gasteiger partial charge in [-0.3, -0.25) is 9.20 Å². The molecule has 3 heterocycles. The molecule has 0 fully saturated rings. The number of carbonyl (C=O) groups is 1. The summed E-state index contributed by atoms with van der Waals surface area (Å²) < 4.78 is 40.0. The van der Waals surface area contributed by atoms with Crippen molar-refractivity contribution in [1.82, 2.24) is 9.38 Å². The highest BCUT2D eigenvalue weighted by Gasteiger charge is 2.30. The van der Waals surface area contributed by atoms with Gasteiger partial charge in [0.1, 0.15) is 4.83 Å². The zero-order valence-electron chi connectivity index (χ0n) is 11.8. The number of nitrogens with one attached hydrogen (secondary N) is 1. The van der Waals surface area contributed by atoms with Crippen molar-refractivity contribution < 1.29 is 18.0 Å². The van der Waals surface area contributed by atoms with Gasteiger partial charge in [-0.25, -0.2) is 4.98 Å². The highest BCUT2D eigenvalue weighted by atomic mass is 32.1. The zero-order chi connectivity index (χ0) is 16.9. The van der Waals surface area contributed by atoms with Gasteiger partial charge in [0.25, 0.3) is 5.91 Å². The van der Waals surface area contributed by atoms with Crippen molar-refractivity contribution in [2.24, 2.45) is 0 Å². The topological polar surface area (TPSA) is 46.4 Å². The van der Waals surface area contributed by atoms with E-state index in [0.717, 1.165) is 27.4 Å². The zero-order valence-corrected chi connectivity index (χ0v) is 13.4. The number of halogens is 3. The summed E-state index contributed by atoms with van der Waals surface area (Å²) >= 11 is 2.70. The first-order valence-corrected chi connectivity index (χ1v) is 8.45. The summed E-state index contributed by atoms with van der Waals surface area (Å²) in [6, 6.07) is 6.24. The molecule has 0 atom stereocenters. The molecule has 4 nitrogen and oxygen atoms in total. The summed E-state index contributed by atoms with van der Waals surface area (Å²) in [7, 11) is 0. The third-order valence-electron chi connectivity index (χ3n) is 3.41. The lowest BCUT2D eigenvalue weighted by molar-refractivity contribution is -0.137. The second kappa shape index (κ2) is 5.32. The van der Waals surface area contributed by atoms with Gasteiger partial charge < -0.3 is 5.32 Å². The molecule has 1 amide bonds. The van der Waals surface area contributed by atoms with Crippen molar-refractivity contribution in [2.45, 2.75) is 6.18 Å². The minimum absolute atomic E-state index is 0.101. The number of alkyl halides is 3. The van der Waals surface area contributed by atoms with Gasteiger partial charge in [0, 0.05) is 17.3 Å². The molecule has 0 bridgehead atoms. The third-order valence-corrected chi connectivity index (χ3v) is 5.18. The van der Waals surface area contributed by atoms with Gasteiger partial charge in [-0.1, -0.05) is 6.07 Å². The molecule has 24 heavy (non-hydrogen) atoms. The predicted molar refractivity (Wildman–Crippen MR) is 87.8 cm³/mol. The first kappa shape index (κ1) is 15.2. The van der Waals surface area contributed by atoms with Crippen LogP contribution in [0.5, 0.6) is 0 Å². The number of rotatable bonds is 2. The van der Waals surface area contributed by atoms with Crippen LogP contribution in [0.2, 0.25) is 0 Å². The van der Waals surface area contributed by atoms with E-state index < -0.39 is 17.6 Å². The molecule has 122 valence electrons. The van der Waals surface area contributed by atoms with E-state index in [1.807, 2.05) is 16.0 Å². The molecule has 0 radical (unpaired) electrons. The van der Waals surface area contributed by atoms with Gasteiger partial charge in [0.05, 0.1) is 16.0 Å². The molecular weight excluding hydrogens is 359 g/mol. The number of thiophene rings is 1. The van der Waals surface area contributed by atoms with E-state index in [1.54, 1.807) is 6.07 Å². The van der Waals surface area contributed by atoms with Gasteiger partial charge in [0.15, 0.2) is 4.96 Å². The Morgan fingerprint density at radius 1 is 1.25 bits per heavy atom. The Morgan fingerprint density at radius 2 is 2.08 bits per heavy atom. The molecule has 4 aromatic rings. The summed E-state index contributed by atoms with van der Waals surface area (Å²) in [4.78, 5) is 18.7. The number of imidazole rings is 1. The number of nitrogens with zero attached hydrogens (tertiary/aromatic N) is 2. The summed E-state index contributed by atoms with van der Waals surface area (Å²) in [5.41, 5.74) is 0.108. The number of anilines is 1. The van der Waals surface area contributed by atoms with E-state index in [9.17, 15) is 18.0 Å². The second-order valence-electron chi connectivity index (χ2n) is 5.00. The lowest BCUT2D eigenvalue weighted by atomic mass is 10.2. The molecular formula is C15H8F3N3OS2. The minimum atomic E-state index is -4.45.